The molecule has 1 amide bonds. The van der Waals surface area contributed by atoms with Gasteiger partial charge in [-0.1, -0.05) is 6.07 Å². The molecule has 1 aromatic heterocycles. The number of nitrogens with zero attached hydrogens (tertiary/aromatic N) is 3. The zero-order valence-corrected chi connectivity index (χ0v) is 15.5. The van der Waals surface area contributed by atoms with Gasteiger partial charge in [0.25, 0.3) is 5.91 Å². The lowest BCUT2D eigenvalue weighted by Crippen LogP contribution is -2.41. The molecule has 0 aliphatic rings. The van der Waals surface area contributed by atoms with E-state index in [0.717, 1.165) is 12.2 Å². The van der Waals surface area contributed by atoms with E-state index in [2.05, 4.69) is 26.0 Å². The average molecular weight is 358 g/mol. The van der Waals surface area contributed by atoms with Crippen molar-refractivity contribution in [1.29, 1.82) is 0 Å². The number of aromatic nitrogens is 2. The second-order valence-electron chi connectivity index (χ2n) is 5.56. The molecular formula is C18H26N6O2. The van der Waals surface area contributed by atoms with Crippen molar-refractivity contribution in [1.82, 2.24) is 25.7 Å². The molecule has 0 aliphatic carbocycles. The number of hydrogen-bond acceptors (Lipinski definition) is 4. The van der Waals surface area contributed by atoms with Crippen LogP contribution in [0.15, 0.2) is 41.5 Å². The van der Waals surface area contributed by atoms with Gasteiger partial charge in [0.05, 0.1) is 19.3 Å². The molecule has 2 rings (SSSR count). The quantitative estimate of drug-likeness (QED) is 0.371. The van der Waals surface area contributed by atoms with Crippen LogP contribution in [-0.4, -0.2) is 48.4 Å². The van der Waals surface area contributed by atoms with Crippen molar-refractivity contribution in [2.24, 2.45) is 12.0 Å². The molecule has 0 aliphatic heterocycles. The number of carbonyl (C=O) groups is 1. The van der Waals surface area contributed by atoms with Gasteiger partial charge < -0.3 is 20.7 Å². The van der Waals surface area contributed by atoms with E-state index in [4.69, 9.17) is 4.74 Å². The first-order valence-electron chi connectivity index (χ1n) is 8.55. The van der Waals surface area contributed by atoms with E-state index in [1.165, 1.54) is 0 Å². The third kappa shape index (κ3) is 5.80. The van der Waals surface area contributed by atoms with E-state index >= 15 is 0 Å². The third-order valence-corrected chi connectivity index (χ3v) is 3.70. The Morgan fingerprint density at radius 1 is 1.23 bits per heavy atom. The first-order chi connectivity index (χ1) is 12.6. The van der Waals surface area contributed by atoms with Crippen molar-refractivity contribution >= 4 is 11.9 Å². The highest BCUT2D eigenvalue weighted by Gasteiger charge is 2.06. The average Bonchev–Trinajstić information content (AvgIpc) is 3.07. The summed E-state index contributed by atoms with van der Waals surface area (Å²) in [6.45, 7) is 4.33. The van der Waals surface area contributed by atoms with Gasteiger partial charge in [-0.05, 0) is 31.2 Å². The maximum absolute atomic E-state index is 12.2. The van der Waals surface area contributed by atoms with Gasteiger partial charge in [0.15, 0.2) is 5.96 Å². The summed E-state index contributed by atoms with van der Waals surface area (Å²) < 4.78 is 6.93. The molecule has 8 heteroatoms. The predicted molar refractivity (Wildman–Crippen MR) is 101 cm³/mol. The Hall–Kier alpha value is -3.03. The number of ether oxygens (including phenoxy) is 1. The fourth-order valence-electron chi connectivity index (χ4n) is 2.28. The molecule has 0 radical (unpaired) electrons. The van der Waals surface area contributed by atoms with Crippen LogP contribution in [0.4, 0.5) is 0 Å². The van der Waals surface area contributed by atoms with Crippen LogP contribution in [0, 0.1) is 0 Å². The van der Waals surface area contributed by atoms with Crippen LogP contribution in [0.2, 0.25) is 0 Å². The lowest BCUT2D eigenvalue weighted by molar-refractivity contribution is 0.0954. The Morgan fingerprint density at radius 3 is 2.73 bits per heavy atom. The van der Waals surface area contributed by atoms with Gasteiger partial charge in [-0.25, -0.2) is 4.99 Å². The van der Waals surface area contributed by atoms with E-state index in [-0.39, 0.29) is 5.91 Å². The molecule has 1 aromatic carbocycles. The summed E-state index contributed by atoms with van der Waals surface area (Å²) in [6.07, 6.45) is 1.75. The Morgan fingerprint density at radius 2 is 2.04 bits per heavy atom. The van der Waals surface area contributed by atoms with Crippen LogP contribution in [0.5, 0.6) is 5.75 Å². The first kappa shape index (κ1) is 19.3. The molecule has 0 atom stereocenters. The van der Waals surface area contributed by atoms with E-state index in [9.17, 15) is 4.79 Å². The van der Waals surface area contributed by atoms with E-state index in [1.807, 2.05) is 20.0 Å². The molecule has 0 saturated heterocycles. The number of hydrogen-bond donors (Lipinski definition) is 3. The summed E-state index contributed by atoms with van der Waals surface area (Å²) in [7, 11) is 3.47. The molecule has 8 nitrogen and oxygen atoms in total. The molecule has 0 spiro atoms. The van der Waals surface area contributed by atoms with Crippen molar-refractivity contribution in [2.75, 3.05) is 26.7 Å². The molecule has 140 valence electrons. The maximum Gasteiger partial charge on any atom is 0.251 e. The predicted octanol–water partition coefficient (Wildman–Crippen LogP) is 0.914. The second kappa shape index (κ2) is 10.1. The van der Waals surface area contributed by atoms with Gasteiger partial charge in [-0.15, -0.1) is 0 Å². The number of rotatable bonds is 8. The van der Waals surface area contributed by atoms with Gasteiger partial charge in [0.2, 0.25) is 0 Å². The van der Waals surface area contributed by atoms with Crippen molar-refractivity contribution in [2.45, 2.75) is 13.5 Å². The van der Waals surface area contributed by atoms with Gasteiger partial charge in [0, 0.05) is 38.4 Å². The molecule has 3 N–H and O–H groups in total. The number of amides is 1. The molecule has 0 saturated carbocycles. The molecule has 0 fully saturated rings. The highest BCUT2D eigenvalue weighted by Crippen LogP contribution is 2.12. The van der Waals surface area contributed by atoms with Crippen LogP contribution in [0.1, 0.15) is 23.0 Å². The number of carbonyl (C=O) groups excluding carboxylic acids is 1. The van der Waals surface area contributed by atoms with Crippen molar-refractivity contribution in [3.05, 3.63) is 47.8 Å². The summed E-state index contributed by atoms with van der Waals surface area (Å²) in [6, 6.07) is 8.99. The molecule has 2 aromatic rings. The number of aliphatic imine (C=N–C) groups is 1. The summed E-state index contributed by atoms with van der Waals surface area (Å²) in [4.78, 5) is 16.7. The third-order valence-electron chi connectivity index (χ3n) is 3.70. The highest BCUT2D eigenvalue weighted by atomic mass is 16.5. The summed E-state index contributed by atoms with van der Waals surface area (Å²) in [5, 5.41) is 13.4. The Kier molecular flexibility index (Phi) is 7.48. The van der Waals surface area contributed by atoms with Crippen molar-refractivity contribution in [3.8, 4) is 5.75 Å². The highest BCUT2D eigenvalue weighted by molar-refractivity contribution is 5.94. The summed E-state index contributed by atoms with van der Waals surface area (Å²) in [5.41, 5.74) is 1.59. The normalized spacial score (nSPS) is 11.1. The largest absolute Gasteiger partial charge is 0.497 e. The molecule has 26 heavy (non-hydrogen) atoms. The van der Waals surface area contributed by atoms with Gasteiger partial charge in [0.1, 0.15) is 5.75 Å². The van der Waals surface area contributed by atoms with Crippen LogP contribution in [0.3, 0.4) is 0 Å². The lowest BCUT2D eigenvalue weighted by Gasteiger charge is -2.12. The molecule has 0 bridgehead atoms. The van der Waals surface area contributed by atoms with Gasteiger partial charge in [-0.2, -0.15) is 5.10 Å². The minimum atomic E-state index is -0.137. The van der Waals surface area contributed by atoms with Crippen molar-refractivity contribution < 1.29 is 9.53 Å². The van der Waals surface area contributed by atoms with Crippen LogP contribution >= 0.6 is 0 Å². The summed E-state index contributed by atoms with van der Waals surface area (Å²) >= 11 is 0. The molecule has 0 unspecified atom stereocenters. The second-order valence-corrected chi connectivity index (χ2v) is 5.56. The van der Waals surface area contributed by atoms with Crippen LogP contribution in [0.25, 0.3) is 0 Å². The zero-order valence-electron chi connectivity index (χ0n) is 15.5. The summed E-state index contributed by atoms with van der Waals surface area (Å²) in [5.74, 6) is 1.22. The SMILES string of the molecule is CCNC(=NCc1ccnn1C)NCCNC(=O)c1cccc(OC)c1. The van der Waals surface area contributed by atoms with E-state index in [0.29, 0.717) is 36.9 Å². The zero-order chi connectivity index (χ0) is 18.8. The van der Waals surface area contributed by atoms with E-state index < -0.39 is 0 Å². The van der Waals surface area contributed by atoms with Crippen LogP contribution in [-0.2, 0) is 13.6 Å². The smallest absolute Gasteiger partial charge is 0.251 e. The minimum absolute atomic E-state index is 0.137. The number of benzene rings is 1. The Bertz CT molecular complexity index is 741. The Labute approximate surface area is 153 Å². The monoisotopic (exact) mass is 358 g/mol. The first-order valence-corrected chi connectivity index (χ1v) is 8.55. The lowest BCUT2D eigenvalue weighted by atomic mass is 10.2. The number of nitrogens with one attached hydrogen (secondary N) is 3. The number of guanidine groups is 1. The fourth-order valence-corrected chi connectivity index (χ4v) is 2.28. The van der Waals surface area contributed by atoms with Gasteiger partial charge in [-0.3, -0.25) is 9.48 Å². The van der Waals surface area contributed by atoms with Gasteiger partial charge >= 0.3 is 0 Å². The maximum atomic E-state index is 12.2. The van der Waals surface area contributed by atoms with Crippen molar-refractivity contribution in [3.63, 3.8) is 0 Å². The van der Waals surface area contributed by atoms with E-state index in [1.54, 1.807) is 42.3 Å². The minimum Gasteiger partial charge on any atom is -0.497 e. The number of methoxy groups -OCH3 is 1. The number of aryl methyl sites for hydroxylation is 1. The Balaban J connectivity index is 1.80. The molecular weight excluding hydrogens is 332 g/mol. The standard InChI is InChI=1S/C18H26N6O2/c1-4-19-18(22-13-15-8-9-23-24(15)2)21-11-10-20-17(25)14-6-5-7-16(12-14)26-3/h5-9,12H,4,10-11,13H2,1-3H3,(H,20,25)(H2,19,21,22). The fraction of sp³-hybridized carbons (Fsp3) is 0.389. The molecule has 1 heterocycles. The van der Waals surface area contributed by atoms with Crippen LogP contribution < -0.4 is 20.7 Å². The topological polar surface area (TPSA) is 92.6 Å².